The Morgan fingerprint density at radius 3 is 2.57 bits per heavy atom. The van der Waals surface area contributed by atoms with Crippen LogP contribution in [0.15, 0.2) is 36.1 Å². The molecule has 0 bridgehead atoms. The number of ether oxygens (including phenoxy) is 3. The highest BCUT2D eigenvalue weighted by Crippen LogP contribution is 2.25. The molecule has 6 nitrogen and oxygen atoms in total. The van der Waals surface area contributed by atoms with Gasteiger partial charge in [-0.15, -0.1) is 0 Å². The molecule has 1 rings (SSSR count). The lowest BCUT2D eigenvalue weighted by atomic mass is 10.1. The van der Waals surface area contributed by atoms with E-state index in [4.69, 9.17) is 21.1 Å². The Kier molecular flexibility index (Phi) is 9.89. The minimum Gasteiger partial charge on any atom is -0.468 e. The largest absolute Gasteiger partial charge is 0.468 e. The van der Waals surface area contributed by atoms with Crippen molar-refractivity contribution < 1.29 is 32.6 Å². The van der Waals surface area contributed by atoms with E-state index in [1.807, 2.05) is 6.92 Å². The predicted octanol–water partition coefficient (Wildman–Crippen LogP) is 3.73. The summed E-state index contributed by atoms with van der Waals surface area (Å²) < 4.78 is 41.9. The van der Waals surface area contributed by atoms with Crippen molar-refractivity contribution in [2.24, 2.45) is 0 Å². The maximum atomic E-state index is 13.4. The molecule has 0 unspecified atom stereocenters. The zero-order valence-corrected chi connectivity index (χ0v) is 16.7. The highest BCUT2D eigenvalue weighted by atomic mass is 35.5. The third-order valence-electron chi connectivity index (χ3n) is 3.38. The first-order valence-corrected chi connectivity index (χ1v) is 9.02. The van der Waals surface area contributed by atoms with Crippen LogP contribution in [0.3, 0.4) is 0 Å². The van der Waals surface area contributed by atoms with Gasteiger partial charge >= 0.3 is 11.9 Å². The van der Waals surface area contributed by atoms with Gasteiger partial charge in [-0.1, -0.05) is 30.7 Å². The second-order valence-corrected chi connectivity index (χ2v) is 6.45. The Balaban J connectivity index is 2.96. The van der Waals surface area contributed by atoms with E-state index in [9.17, 15) is 18.4 Å². The molecule has 0 fully saturated rings. The lowest BCUT2D eigenvalue weighted by Gasteiger charge is -2.21. The average Bonchev–Trinajstić information content (AvgIpc) is 2.63. The summed E-state index contributed by atoms with van der Waals surface area (Å²) >= 11 is 6.05. The van der Waals surface area contributed by atoms with Crippen LogP contribution in [0, 0.1) is 0 Å². The van der Waals surface area contributed by atoms with E-state index < -0.39 is 30.3 Å². The summed E-state index contributed by atoms with van der Waals surface area (Å²) in [6, 6.07) is 5.24. The fourth-order valence-electron chi connectivity index (χ4n) is 2.12. The molecule has 1 aromatic carbocycles. The van der Waals surface area contributed by atoms with E-state index in [1.165, 1.54) is 0 Å². The van der Waals surface area contributed by atoms with Crippen molar-refractivity contribution >= 4 is 23.5 Å². The van der Waals surface area contributed by atoms with Gasteiger partial charge in [-0.05, 0) is 25.5 Å². The number of carbonyl (C=O) groups excluding carboxylic acids is 2. The van der Waals surface area contributed by atoms with Gasteiger partial charge in [0.05, 0.1) is 31.4 Å². The summed E-state index contributed by atoms with van der Waals surface area (Å²) in [7, 11) is 1.10. The topological polar surface area (TPSA) is 73.9 Å². The number of alkyl halides is 2. The number of rotatable bonds is 11. The molecule has 0 heterocycles. The van der Waals surface area contributed by atoms with Gasteiger partial charge in [0, 0.05) is 6.42 Å². The smallest absolute Gasteiger partial charge is 0.334 e. The van der Waals surface area contributed by atoms with Crippen molar-refractivity contribution in [1.29, 1.82) is 0 Å². The lowest BCUT2D eigenvalue weighted by molar-refractivity contribution is -0.145. The fraction of sp³-hybridized carbons (Fsp3) is 0.474. The van der Waals surface area contributed by atoms with E-state index in [2.05, 4.69) is 10.1 Å². The molecule has 0 saturated carbocycles. The minimum atomic E-state index is -3.10. The molecular weight excluding hydrogens is 396 g/mol. The first kappa shape index (κ1) is 23.8. The standard InChI is InChI=1S/C19H24ClF2NO5/c1-4-9-27-17(24)10-13(28-16-8-6-5-7-14(16)20)12-23-15(18(25)26-3)11-19(2,21)22/h5-8,10,15,23H,4,9,11-12H2,1-3H3/b13-10-/t15-/m0/s1. The molecule has 156 valence electrons. The third kappa shape index (κ3) is 9.14. The van der Waals surface area contributed by atoms with Crippen LogP contribution >= 0.6 is 11.6 Å². The van der Waals surface area contributed by atoms with E-state index in [0.29, 0.717) is 18.4 Å². The van der Waals surface area contributed by atoms with Gasteiger partial charge in [-0.25, -0.2) is 13.6 Å². The summed E-state index contributed by atoms with van der Waals surface area (Å²) in [6.45, 7) is 2.55. The number of nitrogens with one attached hydrogen (secondary N) is 1. The van der Waals surface area contributed by atoms with Gasteiger partial charge in [-0.3, -0.25) is 10.1 Å². The molecular formula is C19H24ClF2NO5. The molecule has 0 amide bonds. The van der Waals surface area contributed by atoms with E-state index in [0.717, 1.165) is 13.2 Å². The first-order valence-electron chi connectivity index (χ1n) is 8.65. The number of carbonyl (C=O) groups is 2. The molecule has 0 radical (unpaired) electrons. The van der Waals surface area contributed by atoms with Gasteiger partial charge in [-0.2, -0.15) is 0 Å². The fourth-order valence-corrected chi connectivity index (χ4v) is 2.30. The van der Waals surface area contributed by atoms with Crippen LogP contribution in [0.4, 0.5) is 8.78 Å². The second-order valence-electron chi connectivity index (χ2n) is 6.04. The predicted molar refractivity (Wildman–Crippen MR) is 100 cm³/mol. The monoisotopic (exact) mass is 419 g/mol. The zero-order chi connectivity index (χ0) is 21.2. The summed E-state index contributed by atoms with van der Waals surface area (Å²) in [4.78, 5) is 23.7. The number of hydrogen-bond donors (Lipinski definition) is 1. The Morgan fingerprint density at radius 1 is 1.32 bits per heavy atom. The molecule has 9 heteroatoms. The van der Waals surface area contributed by atoms with Crippen LogP contribution in [-0.2, 0) is 19.1 Å². The van der Waals surface area contributed by atoms with Gasteiger partial charge in [0.2, 0.25) is 5.92 Å². The quantitative estimate of drug-likeness (QED) is 0.334. The Bertz CT molecular complexity index is 691. The maximum Gasteiger partial charge on any atom is 0.334 e. The van der Waals surface area contributed by atoms with Crippen LogP contribution in [0.25, 0.3) is 0 Å². The summed E-state index contributed by atoms with van der Waals surface area (Å²) in [6.07, 6.45) is 0.929. The molecule has 1 atom stereocenters. The summed E-state index contributed by atoms with van der Waals surface area (Å²) in [5, 5.41) is 2.92. The average molecular weight is 420 g/mol. The Hall–Kier alpha value is -2.19. The Morgan fingerprint density at radius 2 is 2.00 bits per heavy atom. The summed E-state index contributed by atoms with van der Waals surface area (Å²) in [5.74, 6) is -4.31. The minimum absolute atomic E-state index is 0.0440. The van der Waals surface area contributed by atoms with E-state index in [-0.39, 0.29) is 24.7 Å². The molecule has 1 N–H and O–H groups in total. The number of hydrogen-bond acceptors (Lipinski definition) is 6. The van der Waals surface area contributed by atoms with Crippen molar-refractivity contribution in [1.82, 2.24) is 5.32 Å². The highest BCUT2D eigenvalue weighted by molar-refractivity contribution is 6.32. The van der Waals surface area contributed by atoms with Crippen LogP contribution in [0.2, 0.25) is 5.02 Å². The molecule has 1 aromatic rings. The second kappa shape index (κ2) is 11.6. The maximum absolute atomic E-state index is 13.4. The molecule has 0 spiro atoms. The molecule has 28 heavy (non-hydrogen) atoms. The summed E-state index contributed by atoms with van der Waals surface area (Å²) in [5.41, 5.74) is 0. The normalized spacial score (nSPS) is 13.0. The molecule has 0 aliphatic rings. The number of benzene rings is 1. The molecule has 0 aromatic heterocycles. The van der Waals surface area contributed by atoms with E-state index >= 15 is 0 Å². The van der Waals surface area contributed by atoms with Gasteiger partial charge in [0.25, 0.3) is 0 Å². The van der Waals surface area contributed by atoms with Crippen molar-refractivity contribution in [2.45, 2.75) is 38.7 Å². The Labute approximate surface area is 167 Å². The van der Waals surface area contributed by atoms with Crippen LogP contribution in [0.1, 0.15) is 26.7 Å². The van der Waals surface area contributed by atoms with Crippen molar-refractivity contribution in [2.75, 3.05) is 20.3 Å². The molecule has 0 aliphatic carbocycles. The number of halogens is 3. The molecule has 0 aliphatic heterocycles. The van der Waals surface area contributed by atoms with Crippen LogP contribution in [-0.4, -0.2) is 44.2 Å². The van der Waals surface area contributed by atoms with E-state index in [1.54, 1.807) is 24.3 Å². The van der Waals surface area contributed by atoms with Crippen molar-refractivity contribution in [3.05, 3.63) is 41.1 Å². The number of esters is 2. The van der Waals surface area contributed by atoms with Crippen molar-refractivity contribution in [3.8, 4) is 5.75 Å². The van der Waals surface area contributed by atoms with Gasteiger partial charge in [0.1, 0.15) is 17.6 Å². The third-order valence-corrected chi connectivity index (χ3v) is 3.69. The van der Waals surface area contributed by atoms with Gasteiger partial charge in [0.15, 0.2) is 0 Å². The highest BCUT2D eigenvalue weighted by Gasteiger charge is 2.31. The molecule has 0 saturated heterocycles. The van der Waals surface area contributed by atoms with Crippen molar-refractivity contribution in [3.63, 3.8) is 0 Å². The first-order chi connectivity index (χ1) is 13.2. The number of methoxy groups -OCH3 is 1. The van der Waals surface area contributed by atoms with Crippen LogP contribution < -0.4 is 10.1 Å². The number of para-hydroxylation sites is 1. The lowest BCUT2D eigenvalue weighted by Crippen LogP contribution is -2.42. The van der Waals surface area contributed by atoms with Gasteiger partial charge < -0.3 is 14.2 Å². The SMILES string of the molecule is CCCOC(=O)/C=C(/CN[C@@H](CC(C)(F)F)C(=O)OC)Oc1ccccc1Cl. The zero-order valence-electron chi connectivity index (χ0n) is 16.0. The van der Waals surface area contributed by atoms with Crippen LogP contribution in [0.5, 0.6) is 5.75 Å².